The molecule has 0 amide bonds. The highest BCUT2D eigenvalue weighted by atomic mass is 19.3. The normalized spacial score (nSPS) is 17.7. The van der Waals surface area contributed by atoms with E-state index in [-0.39, 0.29) is 0 Å². The van der Waals surface area contributed by atoms with Crippen LogP contribution in [0.1, 0.15) is 11.1 Å². The zero-order valence-electron chi connectivity index (χ0n) is 8.33. The Morgan fingerprint density at radius 1 is 1.40 bits per heavy atom. The van der Waals surface area contributed by atoms with E-state index in [0.29, 0.717) is 11.3 Å². The minimum Gasteiger partial charge on any atom is -0.426 e. The Kier molecular flexibility index (Phi) is 2.06. The van der Waals surface area contributed by atoms with Crippen LogP contribution < -0.4 is 10.1 Å². The van der Waals surface area contributed by atoms with Crippen LogP contribution in [0.5, 0.6) is 5.75 Å². The summed E-state index contributed by atoms with van der Waals surface area (Å²) in [5.74, 6) is -1.16. The summed E-state index contributed by atoms with van der Waals surface area (Å²) in [4.78, 5) is 0. The SMILES string of the molecule is Cc1cc(F)c2c(c1C)NCC(F)(F)O2. The fourth-order valence-electron chi connectivity index (χ4n) is 1.54. The Hall–Kier alpha value is -1.39. The Morgan fingerprint density at radius 3 is 2.73 bits per heavy atom. The van der Waals surface area contributed by atoms with Gasteiger partial charge in [0.1, 0.15) is 6.54 Å². The second-order valence-electron chi connectivity index (χ2n) is 3.60. The molecule has 5 heteroatoms. The molecular formula is C10H10F3NO. The van der Waals surface area contributed by atoms with Gasteiger partial charge < -0.3 is 10.1 Å². The number of halogens is 3. The van der Waals surface area contributed by atoms with Crippen molar-refractivity contribution >= 4 is 5.69 Å². The van der Waals surface area contributed by atoms with Gasteiger partial charge in [-0.25, -0.2) is 4.39 Å². The second-order valence-corrected chi connectivity index (χ2v) is 3.60. The summed E-state index contributed by atoms with van der Waals surface area (Å²) in [6, 6.07) is 1.19. The van der Waals surface area contributed by atoms with Crippen LogP contribution in [-0.2, 0) is 0 Å². The highest BCUT2D eigenvalue weighted by Crippen LogP contribution is 2.40. The summed E-state index contributed by atoms with van der Waals surface area (Å²) in [5.41, 5.74) is 1.74. The molecule has 0 aliphatic carbocycles. The highest BCUT2D eigenvalue weighted by Gasteiger charge is 2.38. The number of rotatable bonds is 0. The summed E-state index contributed by atoms with van der Waals surface area (Å²) in [6.45, 7) is 2.81. The van der Waals surface area contributed by atoms with Crippen LogP contribution in [0.3, 0.4) is 0 Å². The standard InChI is InChI=1S/C10H10F3NO/c1-5-3-7(11)9-8(6(5)2)14-4-10(12,13)15-9/h3,14H,4H2,1-2H3. The molecule has 0 aromatic heterocycles. The van der Waals surface area contributed by atoms with Crippen molar-refractivity contribution in [2.45, 2.75) is 20.0 Å². The first kappa shape index (κ1) is 10.1. The van der Waals surface area contributed by atoms with Gasteiger partial charge in [-0.05, 0) is 31.0 Å². The van der Waals surface area contributed by atoms with Crippen LogP contribution in [0.2, 0.25) is 0 Å². The minimum atomic E-state index is -3.35. The summed E-state index contributed by atoms with van der Waals surface area (Å²) in [7, 11) is 0. The van der Waals surface area contributed by atoms with Crippen LogP contribution in [0.15, 0.2) is 6.07 Å². The van der Waals surface area contributed by atoms with E-state index >= 15 is 0 Å². The molecule has 1 aromatic rings. The minimum absolute atomic E-state index is 0.318. The van der Waals surface area contributed by atoms with Crippen molar-refractivity contribution in [2.75, 3.05) is 11.9 Å². The smallest absolute Gasteiger partial charge is 0.415 e. The Morgan fingerprint density at radius 2 is 2.07 bits per heavy atom. The lowest BCUT2D eigenvalue weighted by molar-refractivity contribution is -0.168. The lowest BCUT2D eigenvalue weighted by Gasteiger charge is -2.28. The molecule has 1 heterocycles. The number of aryl methyl sites for hydroxylation is 1. The molecule has 0 spiro atoms. The van der Waals surface area contributed by atoms with Crippen molar-refractivity contribution in [3.05, 3.63) is 23.0 Å². The van der Waals surface area contributed by atoms with E-state index in [4.69, 9.17) is 0 Å². The number of fused-ring (bicyclic) bond motifs is 1. The molecule has 2 rings (SSSR count). The maximum Gasteiger partial charge on any atom is 0.415 e. The maximum absolute atomic E-state index is 13.4. The average Bonchev–Trinajstić information content (AvgIpc) is 2.13. The molecular weight excluding hydrogens is 207 g/mol. The second kappa shape index (κ2) is 3.05. The quantitative estimate of drug-likeness (QED) is 0.721. The topological polar surface area (TPSA) is 21.3 Å². The molecule has 0 radical (unpaired) electrons. The third-order valence-corrected chi connectivity index (χ3v) is 2.48. The van der Waals surface area contributed by atoms with Crippen LogP contribution >= 0.6 is 0 Å². The van der Waals surface area contributed by atoms with Crippen LogP contribution in [-0.4, -0.2) is 12.7 Å². The van der Waals surface area contributed by atoms with Gasteiger partial charge in [0.15, 0.2) is 11.6 Å². The van der Waals surface area contributed by atoms with Crippen molar-refractivity contribution < 1.29 is 17.9 Å². The lowest BCUT2D eigenvalue weighted by atomic mass is 10.1. The van der Waals surface area contributed by atoms with Gasteiger partial charge in [-0.1, -0.05) is 0 Å². The van der Waals surface area contributed by atoms with Crippen molar-refractivity contribution in [3.63, 3.8) is 0 Å². The first-order valence-corrected chi connectivity index (χ1v) is 4.51. The van der Waals surface area contributed by atoms with Crippen LogP contribution in [0, 0.1) is 19.7 Å². The molecule has 0 unspecified atom stereocenters. The van der Waals surface area contributed by atoms with Gasteiger partial charge >= 0.3 is 6.11 Å². The fourth-order valence-corrected chi connectivity index (χ4v) is 1.54. The van der Waals surface area contributed by atoms with E-state index in [9.17, 15) is 13.2 Å². The third kappa shape index (κ3) is 1.62. The molecule has 82 valence electrons. The Balaban J connectivity index is 2.56. The summed E-state index contributed by atoms with van der Waals surface area (Å²) >= 11 is 0. The first-order chi connectivity index (χ1) is 6.91. The maximum atomic E-state index is 13.4. The molecule has 1 N–H and O–H groups in total. The third-order valence-electron chi connectivity index (χ3n) is 2.48. The van der Waals surface area contributed by atoms with Crippen LogP contribution in [0.25, 0.3) is 0 Å². The van der Waals surface area contributed by atoms with E-state index in [1.165, 1.54) is 6.07 Å². The fraction of sp³-hybridized carbons (Fsp3) is 0.400. The van der Waals surface area contributed by atoms with E-state index < -0.39 is 24.2 Å². The lowest BCUT2D eigenvalue weighted by Crippen LogP contribution is -2.38. The predicted octanol–water partition coefficient (Wildman–Crippen LogP) is 2.84. The van der Waals surface area contributed by atoms with Crippen molar-refractivity contribution in [1.82, 2.24) is 0 Å². The molecule has 0 fully saturated rings. The number of ether oxygens (including phenoxy) is 1. The molecule has 1 aliphatic rings. The highest BCUT2D eigenvalue weighted by molar-refractivity contribution is 5.65. The number of alkyl halides is 2. The summed E-state index contributed by atoms with van der Waals surface area (Å²) < 4.78 is 43.4. The van der Waals surface area contributed by atoms with Gasteiger partial charge in [-0.15, -0.1) is 0 Å². The number of hydrogen-bond donors (Lipinski definition) is 1. The van der Waals surface area contributed by atoms with Crippen molar-refractivity contribution in [1.29, 1.82) is 0 Å². The largest absolute Gasteiger partial charge is 0.426 e. The number of benzene rings is 1. The summed E-state index contributed by atoms with van der Waals surface area (Å²) in [5, 5.41) is 2.49. The Bertz CT molecular complexity index is 418. The van der Waals surface area contributed by atoms with E-state index in [0.717, 1.165) is 5.56 Å². The average molecular weight is 217 g/mol. The van der Waals surface area contributed by atoms with E-state index in [1.807, 2.05) is 0 Å². The molecule has 0 bridgehead atoms. The van der Waals surface area contributed by atoms with Gasteiger partial charge in [0.2, 0.25) is 0 Å². The summed E-state index contributed by atoms with van der Waals surface area (Å²) in [6.07, 6.45) is -3.35. The van der Waals surface area contributed by atoms with Crippen LogP contribution in [0.4, 0.5) is 18.9 Å². The van der Waals surface area contributed by atoms with Gasteiger partial charge in [-0.2, -0.15) is 8.78 Å². The van der Waals surface area contributed by atoms with Crippen molar-refractivity contribution in [3.8, 4) is 5.75 Å². The number of hydrogen-bond acceptors (Lipinski definition) is 2. The molecule has 2 nitrogen and oxygen atoms in total. The van der Waals surface area contributed by atoms with Crippen molar-refractivity contribution in [2.24, 2.45) is 0 Å². The molecule has 0 saturated carbocycles. The number of anilines is 1. The van der Waals surface area contributed by atoms with Gasteiger partial charge in [-0.3, -0.25) is 0 Å². The van der Waals surface area contributed by atoms with E-state index in [1.54, 1.807) is 13.8 Å². The molecule has 1 aliphatic heterocycles. The van der Waals surface area contributed by atoms with Gasteiger partial charge in [0, 0.05) is 0 Å². The predicted molar refractivity (Wildman–Crippen MR) is 49.9 cm³/mol. The van der Waals surface area contributed by atoms with Gasteiger partial charge in [0.25, 0.3) is 0 Å². The molecule has 1 aromatic carbocycles. The van der Waals surface area contributed by atoms with Gasteiger partial charge in [0.05, 0.1) is 5.69 Å². The zero-order valence-corrected chi connectivity index (χ0v) is 8.33. The molecule has 0 saturated heterocycles. The molecule has 0 atom stereocenters. The Labute approximate surface area is 85.0 Å². The number of nitrogens with one attached hydrogen (secondary N) is 1. The first-order valence-electron chi connectivity index (χ1n) is 4.51. The molecule has 15 heavy (non-hydrogen) atoms. The monoisotopic (exact) mass is 217 g/mol. The zero-order chi connectivity index (χ0) is 11.2. The van der Waals surface area contributed by atoms with E-state index in [2.05, 4.69) is 10.1 Å².